The molecule has 0 aliphatic rings. The number of rotatable bonds is 3. The first kappa shape index (κ1) is 17.1. The van der Waals surface area contributed by atoms with Gasteiger partial charge in [-0.25, -0.2) is 4.79 Å². The molecule has 0 saturated carbocycles. The maximum Gasteiger partial charge on any atom is 0.332 e. The van der Waals surface area contributed by atoms with Gasteiger partial charge >= 0.3 is 5.69 Å². The number of aryl methyl sites for hydroxylation is 3. The molecule has 2 aromatic carbocycles. The van der Waals surface area contributed by atoms with Crippen molar-refractivity contribution in [3.05, 3.63) is 87.2 Å². The summed E-state index contributed by atoms with van der Waals surface area (Å²) in [4.78, 5) is 25.1. The van der Waals surface area contributed by atoms with Gasteiger partial charge in [0.1, 0.15) is 0 Å². The summed E-state index contributed by atoms with van der Waals surface area (Å²) in [6.07, 6.45) is 1.85. The molecule has 0 aliphatic heterocycles. The first-order valence-electron chi connectivity index (χ1n) is 8.99. The molecule has 4 aromatic rings. The van der Waals surface area contributed by atoms with E-state index in [1.165, 1.54) is 0 Å². The van der Waals surface area contributed by atoms with Gasteiger partial charge in [0.15, 0.2) is 0 Å². The Morgan fingerprint density at radius 3 is 2.41 bits per heavy atom. The summed E-state index contributed by atoms with van der Waals surface area (Å²) in [6, 6.07) is 17.3. The van der Waals surface area contributed by atoms with Crippen molar-refractivity contribution in [3.63, 3.8) is 0 Å². The molecule has 4 rings (SSSR count). The Balaban J connectivity index is 2.02. The normalized spacial score (nSPS) is 11.2. The minimum Gasteiger partial charge on any atom is -0.309 e. The third-order valence-electron chi connectivity index (χ3n) is 5.00. The van der Waals surface area contributed by atoms with Gasteiger partial charge in [-0.15, -0.1) is 0 Å². The van der Waals surface area contributed by atoms with Gasteiger partial charge in [-0.2, -0.15) is 0 Å². The van der Waals surface area contributed by atoms with Crippen molar-refractivity contribution in [1.29, 1.82) is 0 Å². The molecule has 5 heteroatoms. The number of aromatic nitrogens is 3. The predicted molar refractivity (Wildman–Crippen MR) is 109 cm³/mol. The van der Waals surface area contributed by atoms with E-state index in [9.17, 15) is 9.59 Å². The molecule has 0 saturated heterocycles. The average molecular weight is 359 g/mol. The fraction of sp³-hybridized carbons (Fsp3) is 0.182. The Morgan fingerprint density at radius 1 is 0.963 bits per heavy atom. The van der Waals surface area contributed by atoms with E-state index >= 15 is 0 Å². The van der Waals surface area contributed by atoms with Gasteiger partial charge in [-0.3, -0.25) is 9.36 Å². The lowest BCUT2D eigenvalue weighted by molar-refractivity contribution is 0.758. The number of imidazole rings is 1. The van der Waals surface area contributed by atoms with E-state index < -0.39 is 0 Å². The van der Waals surface area contributed by atoms with E-state index in [1.807, 2.05) is 68.6 Å². The van der Waals surface area contributed by atoms with Crippen LogP contribution in [0.25, 0.3) is 27.8 Å². The van der Waals surface area contributed by atoms with Gasteiger partial charge in [-0.1, -0.05) is 30.3 Å². The summed E-state index contributed by atoms with van der Waals surface area (Å²) in [5.41, 5.74) is 4.29. The molecule has 0 aliphatic carbocycles. The Labute approximate surface area is 156 Å². The van der Waals surface area contributed by atoms with Crippen LogP contribution >= 0.6 is 0 Å². The van der Waals surface area contributed by atoms with Gasteiger partial charge in [0.25, 0.3) is 5.56 Å². The average Bonchev–Trinajstić information content (AvgIpc) is 2.97. The van der Waals surface area contributed by atoms with Crippen molar-refractivity contribution in [2.24, 2.45) is 7.05 Å². The highest BCUT2D eigenvalue weighted by Gasteiger charge is 2.14. The summed E-state index contributed by atoms with van der Waals surface area (Å²) in [5.74, 6) is 0. The van der Waals surface area contributed by atoms with Crippen molar-refractivity contribution in [2.45, 2.75) is 20.4 Å². The van der Waals surface area contributed by atoms with E-state index in [0.717, 1.165) is 33.4 Å². The first-order chi connectivity index (χ1) is 13.0. The van der Waals surface area contributed by atoms with Crippen LogP contribution in [0.1, 0.15) is 12.5 Å². The number of fused-ring (bicyclic) bond motifs is 1. The van der Waals surface area contributed by atoms with Crippen LogP contribution in [0.5, 0.6) is 0 Å². The van der Waals surface area contributed by atoms with Crippen LogP contribution in [0.15, 0.2) is 70.4 Å². The zero-order valence-corrected chi connectivity index (χ0v) is 15.6. The Bertz CT molecular complexity index is 1260. The van der Waals surface area contributed by atoms with Crippen molar-refractivity contribution in [3.8, 4) is 16.9 Å². The highest BCUT2D eigenvalue weighted by atomic mass is 16.1. The maximum absolute atomic E-state index is 12.8. The highest BCUT2D eigenvalue weighted by molar-refractivity contribution is 5.85. The smallest absolute Gasteiger partial charge is 0.309 e. The highest BCUT2D eigenvalue weighted by Crippen LogP contribution is 2.25. The standard InChI is InChI=1S/C22H21N3O2/c1-4-24-19-11-10-17(13-18(19)15(2)12-21(24)26)25-20(14-23(3)22(25)27)16-8-6-5-7-9-16/h5-14H,4H2,1-3H3. The van der Waals surface area contributed by atoms with Crippen molar-refractivity contribution >= 4 is 10.9 Å². The van der Waals surface area contributed by atoms with E-state index in [1.54, 1.807) is 26.8 Å². The molecule has 0 radical (unpaired) electrons. The monoisotopic (exact) mass is 359 g/mol. The summed E-state index contributed by atoms with van der Waals surface area (Å²) >= 11 is 0. The molecule has 0 spiro atoms. The second-order valence-electron chi connectivity index (χ2n) is 6.72. The number of nitrogens with zero attached hydrogens (tertiary/aromatic N) is 3. The van der Waals surface area contributed by atoms with Crippen LogP contribution in [0.2, 0.25) is 0 Å². The molecule has 136 valence electrons. The number of hydrogen-bond donors (Lipinski definition) is 0. The van der Waals surface area contributed by atoms with Crippen molar-refractivity contribution in [2.75, 3.05) is 0 Å². The van der Waals surface area contributed by atoms with Gasteiger partial charge in [0.2, 0.25) is 0 Å². The molecule has 0 fully saturated rings. The number of hydrogen-bond acceptors (Lipinski definition) is 2. The predicted octanol–water partition coefficient (Wildman–Crippen LogP) is 3.49. The molecular weight excluding hydrogens is 338 g/mol. The lowest BCUT2D eigenvalue weighted by Crippen LogP contribution is -2.22. The Kier molecular flexibility index (Phi) is 4.07. The molecule has 2 heterocycles. The second-order valence-corrected chi connectivity index (χ2v) is 6.72. The van der Waals surface area contributed by atoms with Gasteiger partial charge < -0.3 is 9.13 Å². The van der Waals surface area contributed by atoms with Crippen molar-refractivity contribution < 1.29 is 0 Å². The van der Waals surface area contributed by atoms with Gasteiger partial charge in [0.05, 0.1) is 16.9 Å². The minimum absolute atomic E-state index is 0.00268. The van der Waals surface area contributed by atoms with E-state index in [0.29, 0.717) is 6.54 Å². The van der Waals surface area contributed by atoms with Crippen LogP contribution < -0.4 is 11.2 Å². The summed E-state index contributed by atoms with van der Waals surface area (Å²) < 4.78 is 5.06. The Morgan fingerprint density at radius 2 is 1.70 bits per heavy atom. The fourth-order valence-electron chi connectivity index (χ4n) is 3.62. The largest absolute Gasteiger partial charge is 0.332 e. The molecule has 2 aromatic heterocycles. The molecular formula is C22H21N3O2. The van der Waals surface area contributed by atoms with Crippen LogP contribution in [-0.2, 0) is 13.6 Å². The van der Waals surface area contributed by atoms with Crippen LogP contribution in [0, 0.1) is 6.92 Å². The molecule has 0 bridgehead atoms. The second kappa shape index (κ2) is 6.43. The topological polar surface area (TPSA) is 48.9 Å². The van der Waals surface area contributed by atoms with E-state index in [2.05, 4.69) is 0 Å². The molecule has 27 heavy (non-hydrogen) atoms. The molecule has 0 atom stereocenters. The molecule has 0 amide bonds. The van der Waals surface area contributed by atoms with Gasteiger partial charge in [0, 0.05) is 36.8 Å². The molecule has 5 nitrogen and oxygen atoms in total. The third kappa shape index (κ3) is 2.72. The van der Waals surface area contributed by atoms with E-state index in [-0.39, 0.29) is 11.2 Å². The first-order valence-corrected chi connectivity index (χ1v) is 8.99. The Hall–Kier alpha value is -3.34. The summed E-state index contributed by atoms with van der Waals surface area (Å²) in [7, 11) is 1.76. The third-order valence-corrected chi connectivity index (χ3v) is 5.00. The molecule has 0 unspecified atom stereocenters. The minimum atomic E-state index is -0.102. The zero-order valence-electron chi connectivity index (χ0n) is 15.6. The summed E-state index contributed by atoms with van der Waals surface area (Å²) in [5, 5.41) is 0.976. The SMILES string of the molecule is CCn1c(=O)cc(C)c2cc(-n3c(-c4ccccc4)cn(C)c3=O)ccc21. The quantitative estimate of drug-likeness (QED) is 0.562. The fourth-order valence-corrected chi connectivity index (χ4v) is 3.62. The maximum atomic E-state index is 12.8. The van der Waals surface area contributed by atoms with E-state index in [4.69, 9.17) is 0 Å². The number of pyridine rings is 1. The van der Waals surface area contributed by atoms with Crippen LogP contribution in [-0.4, -0.2) is 13.7 Å². The summed E-state index contributed by atoms with van der Waals surface area (Å²) in [6.45, 7) is 4.49. The zero-order chi connectivity index (χ0) is 19.1. The van der Waals surface area contributed by atoms with Crippen LogP contribution in [0.4, 0.5) is 0 Å². The van der Waals surface area contributed by atoms with Crippen LogP contribution in [0.3, 0.4) is 0 Å². The lowest BCUT2D eigenvalue weighted by atomic mass is 10.1. The van der Waals surface area contributed by atoms with Gasteiger partial charge in [-0.05, 0) is 37.6 Å². The lowest BCUT2D eigenvalue weighted by Gasteiger charge is -2.13. The molecule has 0 N–H and O–H groups in total. The van der Waals surface area contributed by atoms with Crippen molar-refractivity contribution in [1.82, 2.24) is 13.7 Å². The number of benzene rings is 2.